The number of pyridine rings is 1. The van der Waals surface area contributed by atoms with Gasteiger partial charge in [0.05, 0.1) is 25.1 Å². The molecule has 7 heteroatoms. The van der Waals surface area contributed by atoms with Crippen molar-refractivity contribution in [1.82, 2.24) is 15.2 Å². The van der Waals surface area contributed by atoms with E-state index in [1.165, 1.54) is 12.8 Å². The predicted molar refractivity (Wildman–Crippen MR) is 104 cm³/mol. The normalized spacial score (nSPS) is 20.6. The molecule has 3 heterocycles. The Morgan fingerprint density at radius 3 is 2.58 bits per heavy atom. The first-order chi connectivity index (χ1) is 12.6. The minimum absolute atomic E-state index is 0.0566. The molecule has 0 bridgehead atoms. The van der Waals surface area contributed by atoms with Crippen LogP contribution in [0.25, 0.3) is 0 Å². The summed E-state index contributed by atoms with van der Waals surface area (Å²) in [7, 11) is 0. The second kappa shape index (κ2) is 8.68. The van der Waals surface area contributed by atoms with E-state index in [0.29, 0.717) is 6.54 Å². The Labute approximate surface area is 156 Å². The van der Waals surface area contributed by atoms with Crippen LogP contribution in [0.15, 0.2) is 18.3 Å². The molecule has 2 aliphatic rings. The summed E-state index contributed by atoms with van der Waals surface area (Å²) in [5.41, 5.74) is 0.661. The molecule has 1 atom stereocenters. The molecule has 1 unspecified atom stereocenters. The van der Waals surface area contributed by atoms with E-state index in [0.717, 1.165) is 57.3 Å². The van der Waals surface area contributed by atoms with Crippen LogP contribution in [0.2, 0.25) is 0 Å². The predicted octanol–water partition coefficient (Wildman–Crippen LogP) is 2.30. The molecule has 144 valence electrons. The lowest BCUT2D eigenvalue weighted by atomic mass is 9.95. The minimum Gasteiger partial charge on any atom is -0.379 e. The van der Waals surface area contributed by atoms with Crippen LogP contribution in [-0.4, -0.2) is 67.4 Å². The van der Waals surface area contributed by atoms with Gasteiger partial charge in [-0.05, 0) is 38.3 Å². The highest BCUT2D eigenvalue weighted by Crippen LogP contribution is 2.21. The molecule has 0 spiro atoms. The van der Waals surface area contributed by atoms with Gasteiger partial charge in [0.15, 0.2) is 0 Å². The Hall–Kier alpha value is -1.86. The van der Waals surface area contributed by atoms with E-state index in [1.54, 1.807) is 6.20 Å². The maximum atomic E-state index is 12.3. The van der Waals surface area contributed by atoms with Gasteiger partial charge in [0.1, 0.15) is 5.82 Å². The Morgan fingerprint density at radius 2 is 1.96 bits per heavy atom. The molecular weight excluding hydrogens is 330 g/mol. The number of hydrogen-bond acceptors (Lipinski definition) is 5. The van der Waals surface area contributed by atoms with Crippen molar-refractivity contribution < 1.29 is 9.53 Å². The van der Waals surface area contributed by atoms with E-state index in [2.05, 4.69) is 39.3 Å². The maximum Gasteiger partial charge on any atom is 0.319 e. The van der Waals surface area contributed by atoms with E-state index in [-0.39, 0.29) is 11.6 Å². The Kier molecular flexibility index (Phi) is 6.32. The average molecular weight is 361 g/mol. The molecule has 2 fully saturated rings. The van der Waals surface area contributed by atoms with Crippen LogP contribution in [0.4, 0.5) is 16.3 Å². The Balaban J connectivity index is 1.49. The second-order valence-electron chi connectivity index (χ2n) is 7.36. The Morgan fingerprint density at radius 1 is 1.23 bits per heavy atom. The summed E-state index contributed by atoms with van der Waals surface area (Å²) in [5.74, 6) is 0.985. The first-order valence-electron chi connectivity index (χ1n) is 9.69. The minimum atomic E-state index is -0.186. The highest BCUT2D eigenvalue weighted by Gasteiger charge is 2.31. The summed E-state index contributed by atoms with van der Waals surface area (Å²) < 4.78 is 5.44. The van der Waals surface area contributed by atoms with Gasteiger partial charge in [0, 0.05) is 38.3 Å². The molecule has 0 aromatic carbocycles. The summed E-state index contributed by atoms with van der Waals surface area (Å²) in [6, 6.07) is 3.71. The fraction of sp³-hybridized carbons (Fsp3) is 0.684. The van der Waals surface area contributed by atoms with Crippen molar-refractivity contribution in [2.24, 2.45) is 0 Å². The van der Waals surface area contributed by atoms with Gasteiger partial charge in [-0.25, -0.2) is 9.78 Å². The number of anilines is 2. The number of carbonyl (C=O) groups excluding carboxylic acids is 1. The van der Waals surface area contributed by atoms with Crippen molar-refractivity contribution in [3.8, 4) is 0 Å². The third-order valence-electron chi connectivity index (χ3n) is 5.60. The van der Waals surface area contributed by atoms with Crippen molar-refractivity contribution in [2.45, 2.75) is 38.6 Å². The molecular formula is C19H31N5O2. The lowest BCUT2D eigenvalue weighted by molar-refractivity contribution is -0.0163. The monoisotopic (exact) mass is 361 g/mol. The van der Waals surface area contributed by atoms with Gasteiger partial charge in [-0.1, -0.05) is 6.92 Å². The summed E-state index contributed by atoms with van der Waals surface area (Å²) in [6.45, 7) is 10.4. The zero-order valence-electron chi connectivity index (χ0n) is 16.0. The van der Waals surface area contributed by atoms with Gasteiger partial charge >= 0.3 is 6.03 Å². The van der Waals surface area contributed by atoms with Crippen molar-refractivity contribution in [2.75, 3.05) is 56.2 Å². The van der Waals surface area contributed by atoms with Gasteiger partial charge in [0.2, 0.25) is 0 Å². The number of hydrogen-bond donors (Lipinski definition) is 2. The maximum absolute atomic E-state index is 12.3. The summed E-state index contributed by atoms with van der Waals surface area (Å²) in [5, 5.41) is 5.90. The van der Waals surface area contributed by atoms with Crippen molar-refractivity contribution in [3.63, 3.8) is 0 Å². The lowest BCUT2D eigenvalue weighted by Gasteiger charge is -2.43. The van der Waals surface area contributed by atoms with Gasteiger partial charge in [-0.15, -0.1) is 0 Å². The molecule has 7 nitrogen and oxygen atoms in total. The van der Waals surface area contributed by atoms with Crippen LogP contribution in [0.5, 0.6) is 0 Å². The van der Waals surface area contributed by atoms with Crippen LogP contribution >= 0.6 is 0 Å². The third kappa shape index (κ3) is 4.65. The Bertz CT molecular complexity index is 582. The van der Waals surface area contributed by atoms with Gasteiger partial charge in [-0.2, -0.15) is 0 Å². The number of nitrogens with zero attached hydrogens (tertiary/aromatic N) is 3. The van der Waals surface area contributed by atoms with Crippen molar-refractivity contribution in [1.29, 1.82) is 0 Å². The molecule has 2 N–H and O–H groups in total. The third-order valence-corrected chi connectivity index (χ3v) is 5.60. The van der Waals surface area contributed by atoms with Crippen LogP contribution in [0.3, 0.4) is 0 Å². The molecule has 0 saturated carbocycles. The van der Waals surface area contributed by atoms with E-state index in [1.807, 2.05) is 12.1 Å². The molecule has 0 radical (unpaired) electrons. The number of urea groups is 1. The van der Waals surface area contributed by atoms with Crippen LogP contribution in [0.1, 0.15) is 33.1 Å². The summed E-state index contributed by atoms with van der Waals surface area (Å²) >= 11 is 0. The number of nitrogens with one attached hydrogen (secondary N) is 2. The van der Waals surface area contributed by atoms with Gasteiger partial charge < -0.3 is 20.3 Å². The number of amides is 2. The SMILES string of the molecule is CCC(C)(CNC(=O)Nc1ccc(N2CCCC2)nc1)N1CCOCC1. The number of ether oxygens (including phenoxy) is 1. The fourth-order valence-electron chi connectivity index (χ4n) is 3.60. The standard InChI is InChI=1S/C19H31N5O2/c1-3-19(2,24-10-12-26-13-11-24)15-21-18(25)22-16-6-7-17(20-14-16)23-8-4-5-9-23/h6-7,14H,3-5,8-13,15H2,1-2H3,(H2,21,22,25). The number of carbonyl (C=O) groups is 1. The molecule has 1 aromatic rings. The average Bonchev–Trinajstić information content (AvgIpc) is 3.22. The highest BCUT2D eigenvalue weighted by molar-refractivity contribution is 5.89. The zero-order valence-corrected chi connectivity index (χ0v) is 16.0. The largest absolute Gasteiger partial charge is 0.379 e. The van der Waals surface area contributed by atoms with E-state index < -0.39 is 0 Å². The quantitative estimate of drug-likeness (QED) is 0.814. The molecule has 26 heavy (non-hydrogen) atoms. The number of aromatic nitrogens is 1. The molecule has 2 saturated heterocycles. The molecule has 1 aromatic heterocycles. The molecule has 3 rings (SSSR count). The van der Waals surface area contributed by atoms with Crippen molar-refractivity contribution in [3.05, 3.63) is 18.3 Å². The van der Waals surface area contributed by atoms with E-state index >= 15 is 0 Å². The summed E-state index contributed by atoms with van der Waals surface area (Å²) in [6.07, 6.45) is 5.15. The summed E-state index contributed by atoms with van der Waals surface area (Å²) in [4.78, 5) is 21.5. The topological polar surface area (TPSA) is 69.7 Å². The van der Waals surface area contributed by atoms with Crippen LogP contribution in [0, 0.1) is 0 Å². The first kappa shape index (κ1) is 18.9. The van der Waals surface area contributed by atoms with Crippen LogP contribution in [-0.2, 0) is 4.74 Å². The van der Waals surface area contributed by atoms with Gasteiger partial charge in [-0.3, -0.25) is 4.90 Å². The molecule has 2 aliphatic heterocycles. The first-order valence-corrected chi connectivity index (χ1v) is 9.69. The van der Waals surface area contributed by atoms with E-state index in [9.17, 15) is 4.79 Å². The number of rotatable bonds is 6. The zero-order chi connectivity index (χ0) is 18.4. The smallest absolute Gasteiger partial charge is 0.319 e. The second-order valence-corrected chi connectivity index (χ2v) is 7.36. The number of morpholine rings is 1. The van der Waals surface area contributed by atoms with Crippen LogP contribution < -0.4 is 15.5 Å². The fourth-order valence-corrected chi connectivity index (χ4v) is 3.60. The van der Waals surface area contributed by atoms with Crippen molar-refractivity contribution >= 4 is 17.5 Å². The lowest BCUT2D eigenvalue weighted by Crippen LogP contribution is -2.57. The van der Waals surface area contributed by atoms with E-state index in [4.69, 9.17) is 4.74 Å². The molecule has 2 amide bonds. The van der Waals surface area contributed by atoms with Gasteiger partial charge in [0.25, 0.3) is 0 Å². The highest BCUT2D eigenvalue weighted by atomic mass is 16.5. The molecule has 0 aliphatic carbocycles.